The molecule has 1 heterocycles. The molecule has 1 aromatic heterocycles. The summed E-state index contributed by atoms with van der Waals surface area (Å²) >= 11 is 1.60. The van der Waals surface area contributed by atoms with Crippen LogP contribution in [0.15, 0.2) is 53.7 Å². The lowest BCUT2D eigenvalue weighted by atomic mass is 10.2. The van der Waals surface area contributed by atoms with Crippen molar-refractivity contribution in [2.24, 2.45) is 7.05 Å². The van der Waals surface area contributed by atoms with Gasteiger partial charge in [0.1, 0.15) is 0 Å². The van der Waals surface area contributed by atoms with Gasteiger partial charge in [-0.2, -0.15) is 0 Å². The van der Waals surface area contributed by atoms with Gasteiger partial charge in [-0.15, -0.1) is 10.2 Å². The third-order valence-corrected chi connectivity index (χ3v) is 4.63. The van der Waals surface area contributed by atoms with E-state index in [1.54, 1.807) is 18.9 Å². The van der Waals surface area contributed by atoms with Crippen LogP contribution in [0.5, 0.6) is 11.5 Å². The quantitative estimate of drug-likeness (QED) is 0.398. The highest BCUT2D eigenvalue weighted by atomic mass is 32.2. The highest BCUT2D eigenvalue weighted by molar-refractivity contribution is 7.99. The van der Waals surface area contributed by atoms with Crippen LogP contribution in [0.4, 0.5) is 5.69 Å². The van der Waals surface area contributed by atoms with Crippen molar-refractivity contribution in [3.05, 3.63) is 48.5 Å². The summed E-state index contributed by atoms with van der Waals surface area (Å²) in [5, 5.41) is 9.37. The summed E-state index contributed by atoms with van der Waals surface area (Å²) in [5.74, 6) is 3.04. The van der Waals surface area contributed by atoms with E-state index in [4.69, 9.17) is 15.2 Å². The Morgan fingerprint density at radius 2 is 1.76 bits per heavy atom. The number of rotatable bonds is 7. The molecule has 0 radical (unpaired) electrons. The zero-order chi connectivity index (χ0) is 17.6. The zero-order valence-electron chi connectivity index (χ0n) is 14.2. The van der Waals surface area contributed by atoms with Crippen molar-refractivity contribution in [1.29, 1.82) is 0 Å². The third-order valence-electron chi connectivity index (χ3n) is 3.64. The molecule has 0 fully saturated rings. The van der Waals surface area contributed by atoms with E-state index >= 15 is 0 Å². The van der Waals surface area contributed by atoms with E-state index in [0.29, 0.717) is 6.61 Å². The second-order valence-corrected chi connectivity index (χ2v) is 6.40. The van der Waals surface area contributed by atoms with Gasteiger partial charge in [0.15, 0.2) is 22.5 Å². The largest absolute Gasteiger partial charge is 0.493 e. The normalized spacial score (nSPS) is 10.6. The van der Waals surface area contributed by atoms with Crippen LogP contribution in [-0.2, 0) is 7.05 Å². The molecule has 3 aromatic rings. The van der Waals surface area contributed by atoms with Gasteiger partial charge in [-0.05, 0) is 36.4 Å². The third kappa shape index (κ3) is 4.06. The number of hydrogen-bond donors (Lipinski definition) is 1. The Bertz CT molecular complexity index is 833. The number of aromatic nitrogens is 3. The van der Waals surface area contributed by atoms with Crippen molar-refractivity contribution in [3.63, 3.8) is 0 Å². The van der Waals surface area contributed by atoms with Crippen LogP contribution in [-0.4, -0.2) is 34.2 Å². The molecular weight excluding hydrogens is 336 g/mol. The van der Waals surface area contributed by atoms with Crippen LogP contribution in [0.25, 0.3) is 11.4 Å². The first kappa shape index (κ1) is 17.2. The average Bonchev–Trinajstić information content (AvgIpc) is 3.00. The van der Waals surface area contributed by atoms with Crippen LogP contribution in [0.3, 0.4) is 0 Å². The molecule has 0 saturated heterocycles. The minimum atomic E-state index is 0.551. The molecule has 0 aliphatic rings. The second-order valence-electron chi connectivity index (χ2n) is 5.33. The number of methoxy groups -OCH3 is 1. The maximum Gasteiger partial charge on any atom is 0.191 e. The summed E-state index contributed by atoms with van der Waals surface area (Å²) in [4.78, 5) is 0. The first-order chi connectivity index (χ1) is 12.2. The van der Waals surface area contributed by atoms with E-state index in [2.05, 4.69) is 10.2 Å². The van der Waals surface area contributed by atoms with E-state index in [0.717, 1.165) is 39.5 Å². The Balaban J connectivity index is 1.58. The van der Waals surface area contributed by atoms with Gasteiger partial charge < -0.3 is 19.8 Å². The van der Waals surface area contributed by atoms with Crippen LogP contribution < -0.4 is 15.2 Å². The number of nitrogens with two attached hydrogens (primary N) is 1. The van der Waals surface area contributed by atoms with E-state index in [1.165, 1.54) is 0 Å². The molecule has 0 aliphatic carbocycles. The van der Waals surface area contributed by atoms with Gasteiger partial charge >= 0.3 is 0 Å². The van der Waals surface area contributed by atoms with Crippen LogP contribution in [0.2, 0.25) is 0 Å². The topological polar surface area (TPSA) is 75.2 Å². The van der Waals surface area contributed by atoms with Gasteiger partial charge in [-0.1, -0.05) is 23.9 Å². The average molecular weight is 356 g/mol. The first-order valence-corrected chi connectivity index (χ1v) is 8.81. The summed E-state index contributed by atoms with van der Waals surface area (Å²) in [6.07, 6.45) is 0. The molecule has 0 saturated carbocycles. The molecule has 0 spiro atoms. The maximum atomic E-state index is 5.78. The molecule has 0 unspecified atom stereocenters. The van der Waals surface area contributed by atoms with Gasteiger partial charge in [0.05, 0.1) is 13.7 Å². The van der Waals surface area contributed by atoms with Gasteiger partial charge in [-0.25, -0.2) is 0 Å². The predicted molar refractivity (Wildman–Crippen MR) is 100 cm³/mol. The molecular formula is C18H20N4O2S. The molecule has 0 bridgehead atoms. The van der Waals surface area contributed by atoms with Crippen molar-refractivity contribution in [3.8, 4) is 22.9 Å². The summed E-state index contributed by atoms with van der Waals surface area (Å²) in [7, 11) is 3.59. The number of anilines is 1. The lowest BCUT2D eigenvalue weighted by molar-refractivity contribution is 0.313. The van der Waals surface area contributed by atoms with Crippen molar-refractivity contribution < 1.29 is 9.47 Å². The fourth-order valence-corrected chi connectivity index (χ4v) is 3.07. The molecule has 130 valence electrons. The second kappa shape index (κ2) is 7.94. The van der Waals surface area contributed by atoms with E-state index in [1.807, 2.05) is 60.1 Å². The summed E-state index contributed by atoms with van der Waals surface area (Å²) < 4.78 is 13.0. The molecule has 0 amide bonds. The molecule has 0 atom stereocenters. The number of nitrogen functional groups attached to an aromatic ring is 1. The Labute approximate surface area is 151 Å². The fourth-order valence-electron chi connectivity index (χ4n) is 2.35. The molecule has 0 aliphatic heterocycles. The molecule has 25 heavy (non-hydrogen) atoms. The standard InChI is InChI=1S/C18H20N4O2S/c1-22-17(13-7-9-14(19)10-8-13)20-21-18(22)25-12-11-24-16-6-4-3-5-15(16)23-2/h3-10H,11-12,19H2,1-2H3. The molecule has 7 heteroatoms. The Morgan fingerprint density at radius 3 is 2.48 bits per heavy atom. The molecule has 2 aromatic carbocycles. The Kier molecular flexibility index (Phi) is 5.45. The molecule has 3 rings (SSSR count). The summed E-state index contributed by atoms with van der Waals surface area (Å²) in [6.45, 7) is 0.551. The highest BCUT2D eigenvalue weighted by Crippen LogP contribution is 2.27. The SMILES string of the molecule is COc1ccccc1OCCSc1nnc(-c2ccc(N)cc2)n1C. The van der Waals surface area contributed by atoms with Crippen LogP contribution in [0, 0.1) is 0 Å². The summed E-state index contributed by atoms with van der Waals surface area (Å²) in [6, 6.07) is 15.2. The van der Waals surface area contributed by atoms with E-state index in [9.17, 15) is 0 Å². The number of thioether (sulfide) groups is 1. The summed E-state index contributed by atoms with van der Waals surface area (Å²) in [5.41, 5.74) is 7.45. The lowest BCUT2D eigenvalue weighted by Crippen LogP contribution is -2.03. The van der Waals surface area contributed by atoms with Crippen molar-refractivity contribution in [1.82, 2.24) is 14.8 Å². The highest BCUT2D eigenvalue weighted by Gasteiger charge is 2.11. The maximum absolute atomic E-state index is 5.78. The molecule has 2 N–H and O–H groups in total. The molecule has 6 nitrogen and oxygen atoms in total. The predicted octanol–water partition coefficient (Wildman–Crippen LogP) is 3.24. The minimum absolute atomic E-state index is 0.551. The van der Waals surface area contributed by atoms with Gasteiger partial charge in [0, 0.05) is 24.1 Å². The minimum Gasteiger partial charge on any atom is -0.493 e. The van der Waals surface area contributed by atoms with Crippen LogP contribution in [0.1, 0.15) is 0 Å². The van der Waals surface area contributed by atoms with E-state index in [-0.39, 0.29) is 0 Å². The van der Waals surface area contributed by atoms with Gasteiger partial charge in [0.2, 0.25) is 0 Å². The Hall–Kier alpha value is -2.67. The monoisotopic (exact) mass is 356 g/mol. The van der Waals surface area contributed by atoms with Gasteiger partial charge in [-0.3, -0.25) is 0 Å². The first-order valence-electron chi connectivity index (χ1n) is 7.83. The number of para-hydroxylation sites is 2. The van der Waals surface area contributed by atoms with E-state index < -0.39 is 0 Å². The smallest absolute Gasteiger partial charge is 0.191 e. The van der Waals surface area contributed by atoms with Gasteiger partial charge in [0.25, 0.3) is 0 Å². The van der Waals surface area contributed by atoms with Crippen molar-refractivity contribution >= 4 is 17.4 Å². The Morgan fingerprint density at radius 1 is 1.04 bits per heavy atom. The fraction of sp³-hybridized carbons (Fsp3) is 0.222. The number of ether oxygens (including phenoxy) is 2. The van der Waals surface area contributed by atoms with Crippen molar-refractivity contribution in [2.75, 3.05) is 25.2 Å². The lowest BCUT2D eigenvalue weighted by Gasteiger charge is -2.09. The number of nitrogens with zero attached hydrogens (tertiary/aromatic N) is 3. The number of hydrogen-bond acceptors (Lipinski definition) is 6. The van der Waals surface area contributed by atoms with Crippen LogP contribution >= 0.6 is 11.8 Å². The number of benzene rings is 2. The zero-order valence-corrected chi connectivity index (χ0v) is 15.0. The van der Waals surface area contributed by atoms with Crippen molar-refractivity contribution in [2.45, 2.75) is 5.16 Å².